The van der Waals surface area contributed by atoms with E-state index in [0.29, 0.717) is 18.3 Å². The Morgan fingerprint density at radius 2 is 2.04 bits per heavy atom. The normalized spacial score (nSPS) is 13.6. The molecule has 3 rings (SSSR count). The summed E-state index contributed by atoms with van der Waals surface area (Å²) in [5.74, 6) is 1.03. The van der Waals surface area contributed by atoms with Gasteiger partial charge in [0.05, 0.1) is 7.11 Å². The molecule has 0 fully saturated rings. The summed E-state index contributed by atoms with van der Waals surface area (Å²) in [4.78, 5) is 4.37. The number of anilines is 1. The molecule has 5 nitrogen and oxygen atoms in total. The van der Waals surface area contributed by atoms with Gasteiger partial charge < -0.3 is 20.9 Å². The average Bonchev–Trinajstić information content (AvgIpc) is 3.04. The van der Waals surface area contributed by atoms with Gasteiger partial charge in [-0.3, -0.25) is 4.99 Å². The van der Waals surface area contributed by atoms with Gasteiger partial charge in [0.2, 0.25) is 0 Å². The number of nitrogens with one attached hydrogen (secondary N) is 1. The van der Waals surface area contributed by atoms with Gasteiger partial charge in [-0.15, -0.1) is 0 Å². The molecule has 0 unspecified atom stereocenters. The van der Waals surface area contributed by atoms with Gasteiger partial charge in [0.1, 0.15) is 0 Å². The fourth-order valence-corrected chi connectivity index (χ4v) is 3.02. The Labute approximate surface area is 142 Å². The van der Waals surface area contributed by atoms with Crippen molar-refractivity contribution < 1.29 is 9.84 Å². The predicted octanol–water partition coefficient (Wildman–Crippen LogP) is 2.86. The molecule has 0 aliphatic heterocycles. The van der Waals surface area contributed by atoms with Gasteiger partial charge in [0, 0.05) is 12.2 Å². The zero-order valence-corrected chi connectivity index (χ0v) is 13.9. The molecule has 0 amide bonds. The first-order valence-corrected chi connectivity index (χ1v) is 8.20. The van der Waals surface area contributed by atoms with Crippen molar-refractivity contribution in [1.29, 1.82) is 0 Å². The van der Waals surface area contributed by atoms with Gasteiger partial charge in [-0.1, -0.05) is 12.1 Å². The SMILES string of the molecule is COc1cc(CCN=C(N)Nc2ccc3c(c2)CCC3)ccc1O. The highest BCUT2D eigenvalue weighted by molar-refractivity contribution is 5.92. The maximum Gasteiger partial charge on any atom is 0.193 e. The van der Waals surface area contributed by atoms with Crippen molar-refractivity contribution in [2.24, 2.45) is 10.7 Å². The molecule has 2 aromatic rings. The molecule has 0 spiro atoms. The fourth-order valence-electron chi connectivity index (χ4n) is 3.02. The van der Waals surface area contributed by atoms with Crippen LogP contribution in [0.4, 0.5) is 5.69 Å². The largest absolute Gasteiger partial charge is 0.504 e. The summed E-state index contributed by atoms with van der Waals surface area (Å²) in [5.41, 5.74) is 10.8. The van der Waals surface area contributed by atoms with Crippen LogP contribution in [0.5, 0.6) is 11.5 Å². The van der Waals surface area contributed by atoms with Gasteiger partial charge in [-0.25, -0.2) is 0 Å². The number of phenols is 1. The Hall–Kier alpha value is -2.69. The quantitative estimate of drug-likeness (QED) is 0.583. The molecule has 1 aliphatic rings. The van der Waals surface area contributed by atoms with E-state index in [1.165, 1.54) is 31.1 Å². The summed E-state index contributed by atoms with van der Waals surface area (Å²) in [6, 6.07) is 11.7. The molecule has 24 heavy (non-hydrogen) atoms. The van der Waals surface area contributed by atoms with Crippen LogP contribution in [-0.4, -0.2) is 24.7 Å². The third-order valence-corrected chi connectivity index (χ3v) is 4.30. The van der Waals surface area contributed by atoms with E-state index in [9.17, 15) is 5.11 Å². The number of ether oxygens (including phenoxy) is 1. The van der Waals surface area contributed by atoms with Crippen LogP contribution in [0.25, 0.3) is 0 Å². The van der Waals surface area contributed by atoms with Crippen LogP contribution in [0.2, 0.25) is 0 Å². The van der Waals surface area contributed by atoms with E-state index in [1.54, 1.807) is 6.07 Å². The third-order valence-electron chi connectivity index (χ3n) is 4.30. The van der Waals surface area contributed by atoms with E-state index in [1.807, 2.05) is 12.1 Å². The Kier molecular flexibility index (Phi) is 4.89. The first kappa shape index (κ1) is 16.2. The molecule has 0 bridgehead atoms. The number of aromatic hydroxyl groups is 1. The van der Waals surface area contributed by atoms with E-state index in [2.05, 4.69) is 28.5 Å². The lowest BCUT2D eigenvalue weighted by molar-refractivity contribution is 0.373. The first-order chi connectivity index (χ1) is 11.7. The minimum Gasteiger partial charge on any atom is -0.504 e. The lowest BCUT2D eigenvalue weighted by atomic mass is 10.1. The number of nitrogens with two attached hydrogens (primary N) is 1. The Bertz CT molecular complexity index is 756. The molecule has 2 aromatic carbocycles. The number of phenolic OH excluding ortho intramolecular Hbond substituents is 1. The van der Waals surface area contributed by atoms with Crippen molar-refractivity contribution >= 4 is 11.6 Å². The van der Waals surface area contributed by atoms with Crippen molar-refractivity contribution in [3.63, 3.8) is 0 Å². The molecular weight excluding hydrogens is 302 g/mol. The van der Waals surface area contributed by atoms with Crippen LogP contribution < -0.4 is 15.8 Å². The summed E-state index contributed by atoms with van der Waals surface area (Å²) in [6.45, 7) is 0.567. The predicted molar refractivity (Wildman–Crippen MR) is 96.9 cm³/mol. The number of aliphatic imine (C=N–C) groups is 1. The zero-order chi connectivity index (χ0) is 16.9. The van der Waals surface area contributed by atoms with E-state index >= 15 is 0 Å². The fraction of sp³-hybridized carbons (Fsp3) is 0.316. The van der Waals surface area contributed by atoms with Crippen LogP contribution in [0.3, 0.4) is 0 Å². The molecule has 0 aromatic heterocycles. The van der Waals surface area contributed by atoms with Gasteiger partial charge in [-0.2, -0.15) is 0 Å². The summed E-state index contributed by atoms with van der Waals surface area (Å²) in [5, 5.41) is 12.7. The highest BCUT2D eigenvalue weighted by Gasteiger charge is 2.10. The van der Waals surface area contributed by atoms with Crippen LogP contribution in [0, 0.1) is 0 Å². The van der Waals surface area contributed by atoms with Crippen LogP contribution in [0.15, 0.2) is 41.4 Å². The maximum atomic E-state index is 9.60. The monoisotopic (exact) mass is 325 g/mol. The number of benzene rings is 2. The van der Waals surface area contributed by atoms with Crippen molar-refractivity contribution in [3.05, 3.63) is 53.1 Å². The second-order valence-electron chi connectivity index (χ2n) is 5.99. The van der Waals surface area contributed by atoms with Gasteiger partial charge in [-0.05, 0) is 66.6 Å². The first-order valence-electron chi connectivity index (χ1n) is 8.20. The highest BCUT2D eigenvalue weighted by atomic mass is 16.5. The van der Waals surface area contributed by atoms with Crippen LogP contribution in [0.1, 0.15) is 23.1 Å². The molecule has 0 saturated carbocycles. The summed E-state index contributed by atoms with van der Waals surface area (Å²) in [7, 11) is 1.54. The van der Waals surface area contributed by atoms with Crippen molar-refractivity contribution in [3.8, 4) is 11.5 Å². The molecule has 0 saturated heterocycles. The number of fused-ring (bicyclic) bond motifs is 1. The van der Waals surface area contributed by atoms with E-state index in [-0.39, 0.29) is 5.75 Å². The second-order valence-corrected chi connectivity index (χ2v) is 5.99. The Morgan fingerprint density at radius 3 is 2.88 bits per heavy atom. The zero-order valence-electron chi connectivity index (χ0n) is 13.9. The van der Waals surface area contributed by atoms with Crippen molar-refractivity contribution in [2.75, 3.05) is 19.0 Å². The summed E-state index contributed by atoms with van der Waals surface area (Å²) < 4.78 is 5.11. The number of nitrogens with zero attached hydrogens (tertiary/aromatic N) is 1. The van der Waals surface area contributed by atoms with E-state index in [0.717, 1.165) is 24.1 Å². The molecule has 4 N–H and O–H groups in total. The van der Waals surface area contributed by atoms with Crippen molar-refractivity contribution in [1.82, 2.24) is 0 Å². The molecule has 1 aliphatic carbocycles. The van der Waals surface area contributed by atoms with Crippen molar-refractivity contribution in [2.45, 2.75) is 25.7 Å². The topological polar surface area (TPSA) is 79.9 Å². The number of hydrogen-bond donors (Lipinski definition) is 3. The minimum atomic E-state index is 0.141. The van der Waals surface area contributed by atoms with Gasteiger partial charge in [0.15, 0.2) is 17.5 Å². The summed E-state index contributed by atoms with van der Waals surface area (Å²) >= 11 is 0. The van der Waals surface area contributed by atoms with Crippen LogP contribution in [-0.2, 0) is 19.3 Å². The lowest BCUT2D eigenvalue weighted by Crippen LogP contribution is -2.23. The molecular formula is C19H23N3O2. The number of guanidine groups is 1. The number of hydrogen-bond acceptors (Lipinski definition) is 3. The van der Waals surface area contributed by atoms with Crippen LogP contribution >= 0.6 is 0 Å². The van der Waals surface area contributed by atoms with Gasteiger partial charge >= 0.3 is 0 Å². The van der Waals surface area contributed by atoms with Gasteiger partial charge in [0.25, 0.3) is 0 Å². The highest BCUT2D eigenvalue weighted by Crippen LogP contribution is 2.26. The number of methoxy groups -OCH3 is 1. The number of aryl methyl sites for hydroxylation is 2. The average molecular weight is 325 g/mol. The smallest absolute Gasteiger partial charge is 0.193 e. The Balaban J connectivity index is 1.56. The molecule has 0 heterocycles. The molecule has 0 atom stereocenters. The Morgan fingerprint density at radius 1 is 1.21 bits per heavy atom. The summed E-state index contributed by atoms with van der Waals surface area (Å²) in [6.07, 6.45) is 4.28. The minimum absolute atomic E-state index is 0.141. The van der Waals surface area contributed by atoms with E-state index < -0.39 is 0 Å². The standard InChI is InChI=1S/C19H23N3O2/c1-24-18-11-13(5-8-17(18)23)9-10-21-19(20)22-16-7-6-14-3-2-4-15(14)12-16/h5-8,11-12,23H,2-4,9-10H2,1H3,(H3,20,21,22). The van der Waals surface area contributed by atoms with E-state index in [4.69, 9.17) is 10.5 Å². The molecule has 5 heteroatoms. The molecule has 0 radical (unpaired) electrons. The second kappa shape index (κ2) is 7.25. The lowest BCUT2D eigenvalue weighted by Gasteiger charge is -2.08. The number of rotatable bonds is 5. The molecule has 126 valence electrons. The maximum absolute atomic E-state index is 9.60. The third kappa shape index (κ3) is 3.79.